The van der Waals surface area contributed by atoms with Crippen LogP contribution in [0, 0.1) is 20.8 Å². The number of rotatable bonds is 5. The summed E-state index contributed by atoms with van der Waals surface area (Å²) in [6.07, 6.45) is 8.02. The molecule has 3 aromatic heterocycles. The molecule has 0 aliphatic carbocycles. The molecule has 0 aromatic carbocycles. The van der Waals surface area contributed by atoms with Crippen molar-refractivity contribution in [2.24, 2.45) is 7.05 Å². The highest BCUT2D eigenvalue weighted by molar-refractivity contribution is 7.15. The smallest absolute Gasteiger partial charge is 0.247 e. The Labute approximate surface area is 186 Å². The average molecular weight is 438 g/mol. The van der Waals surface area contributed by atoms with Gasteiger partial charge < -0.3 is 10.2 Å². The Hall–Kier alpha value is -3.07. The summed E-state index contributed by atoms with van der Waals surface area (Å²) in [7, 11) is 1.86. The molecule has 1 aliphatic heterocycles. The maximum Gasteiger partial charge on any atom is 0.247 e. The Morgan fingerprint density at radius 1 is 1.23 bits per heavy atom. The molecule has 0 spiro atoms. The number of hydrogen-bond acceptors (Lipinski definition) is 7. The van der Waals surface area contributed by atoms with E-state index in [9.17, 15) is 4.79 Å². The number of aromatic nitrogens is 5. The summed E-state index contributed by atoms with van der Waals surface area (Å²) in [6, 6.07) is 3.64. The lowest BCUT2D eigenvalue weighted by atomic mass is 10.0. The van der Waals surface area contributed by atoms with Gasteiger partial charge in [-0.05, 0) is 52.2 Å². The van der Waals surface area contributed by atoms with Crippen molar-refractivity contribution in [3.63, 3.8) is 0 Å². The van der Waals surface area contributed by atoms with E-state index in [0.717, 1.165) is 41.5 Å². The molecule has 9 heteroatoms. The number of aryl methyl sites for hydroxylation is 4. The summed E-state index contributed by atoms with van der Waals surface area (Å²) in [5.74, 6) is 1.35. The highest BCUT2D eigenvalue weighted by atomic mass is 32.1. The van der Waals surface area contributed by atoms with Gasteiger partial charge in [0.15, 0.2) is 11.0 Å². The first-order chi connectivity index (χ1) is 14.9. The third-order valence-electron chi connectivity index (χ3n) is 5.47. The van der Waals surface area contributed by atoms with E-state index in [4.69, 9.17) is 4.98 Å². The molecule has 1 saturated heterocycles. The molecule has 0 saturated carbocycles. The van der Waals surface area contributed by atoms with Gasteiger partial charge >= 0.3 is 0 Å². The van der Waals surface area contributed by atoms with Gasteiger partial charge in [0.1, 0.15) is 5.82 Å². The quantitative estimate of drug-likeness (QED) is 0.605. The Kier molecular flexibility index (Phi) is 6.13. The molecular weight excluding hydrogens is 410 g/mol. The fourth-order valence-corrected chi connectivity index (χ4v) is 4.53. The second-order valence-electron chi connectivity index (χ2n) is 7.79. The topological polar surface area (TPSA) is 88.8 Å². The van der Waals surface area contributed by atoms with Gasteiger partial charge in [-0.1, -0.05) is 0 Å². The zero-order valence-corrected chi connectivity index (χ0v) is 19.1. The number of anilines is 2. The summed E-state index contributed by atoms with van der Waals surface area (Å²) in [5.41, 5.74) is 2.76. The van der Waals surface area contributed by atoms with Crippen molar-refractivity contribution in [1.82, 2.24) is 29.6 Å². The van der Waals surface area contributed by atoms with Gasteiger partial charge in [0, 0.05) is 42.5 Å². The standard InChI is InChI=1S/C22H27N7OS/c1-14-13-19(27-22-25-15(2)16(3)31-22)26-21(24-14)18-7-5-6-12-29(18)20(30)9-8-17-10-11-23-28(17)4/h8-11,13,18H,5-7,12H2,1-4H3,(H,24,25,26,27)/b9-8+/t18-/m1/s1. The van der Waals surface area contributed by atoms with E-state index in [1.165, 1.54) is 4.88 Å². The summed E-state index contributed by atoms with van der Waals surface area (Å²) >= 11 is 1.60. The van der Waals surface area contributed by atoms with E-state index in [0.29, 0.717) is 18.2 Å². The van der Waals surface area contributed by atoms with Gasteiger partial charge in [-0.3, -0.25) is 9.48 Å². The summed E-state index contributed by atoms with van der Waals surface area (Å²) in [4.78, 5) is 30.1. The van der Waals surface area contributed by atoms with Gasteiger partial charge in [0.05, 0.1) is 17.4 Å². The van der Waals surface area contributed by atoms with Crippen molar-refractivity contribution in [3.8, 4) is 0 Å². The Balaban J connectivity index is 1.57. The molecule has 1 N–H and O–H groups in total. The lowest BCUT2D eigenvalue weighted by Gasteiger charge is -2.34. The second kappa shape index (κ2) is 8.97. The minimum Gasteiger partial charge on any atom is -0.329 e. The number of piperidine rings is 1. The van der Waals surface area contributed by atoms with Gasteiger partial charge in [0.2, 0.25) is 5.91 Å². The van der Waals surface area contributed by atoms with Crippen molar-refractivity contribution in [3.05, 3.63) is 52.2 Å². The van der Waals surface area contributed by atoms with Crippen LogP contribution in [0.3, 0.4) is 0 Å². The molecule has 31 heavy (non-hydrogen) atoms. The van der Waals surface area contributed by atoms with Crippen LogP contribution in [-0.2, 0) is 11.8 Å². The van der Waals surface area contributed by atoms with Crippen molar-refractivity contribution >= 4 is 34.3 Å². The fraction of sp³-hybridized carbons (Fsp3) is 0.409. The first kappa shape index (κ1) is 21.2. The monoisotopic (exact) mass is 437 g/mol. The Morgan fingerprint density at radius 2 is 2.06 bits per heavy atom. The SMILES string of the molecule is Cc1cc(Nc2nc(C)c(C)s2)nc([C@H]2CCCCN2C(=O)/C=C/c2ccnn2C)n1. The maximum absolute atomic E-state index is 13.0. The molecule has 4 heterocycles. The molecule has 1 atom stereocenters. The number of carbonyl (C=O) groups excluding carboxylic acids is 1. The first-order valence-corrected chi connectivity index (χ1v) is 11.3. The molecule has 1 amide bonds. The number of nitrogens with one attached hydrogen (secondary N) is 1. The van der Waals surface area contributed by atoms with Crippen LogP contribution in [0.2, 0.25) is 0 Å². The van der Waals surface area contributed by atoms with Crippen molar-refractivity contribution in [2.75, 3.05) is 11.9 Å². The molecule has 1 aliphatic rings. The van der Waals surface area contributed by atoms with Gasteiger partial charge in [0.25, 0.3) is 0 Å². The predicted octanol–water partition coefficient (Wildman–Crippen LogP) is 4.10. The van der Waals surface area contributed by atoms with Gasteiger partial charge in [-0.15, -0.1) is 11.3 Å². The lowest BCUT2D eigenvalue weighted by molar-refractivity contribution is -0.129. The number of carbonyl (C=O) groups is 1. The lowest BCUT2D eigenvalue weighted by Crippen LogP contribution is -2.38. The number of nitrogens with zero attached hydrogens (tertiary/aromatic N) is 6. The number of thiazole rings is 1. The van der Waals surface area contributed by atoms with Crippen molar-refractivity contribution < 1.29 is 4.79 Å². The molecule has 162 valence electrons. The third kappa shape index (κ3) is 4.82. The average Bonchev–Trinajstić information content (AvgIpc) is 3.29. The van der Waals surface area contributed by atoms with Gasteiger partial charge in [-0.2, -0.15) is 5.10 Å². The van der Waals surface area contributed by atoms with Crippen LogP contribution >= 0.6 is 11.3 Å². The third-order valence-corrected chi connectivity index (χ3v) is 6.46. The Bertz CT molecular complexity index is 1100. The molecule has 0 unspecified atom stereocenters. The van der Waals surface area contributed by atoms with E-state index >= 15 is 0 Å². The highest BCUT2D eigenvalue weighted by Crippen LogP contribution is 2.31. The largest absolute Gasteiger partial charge is 0.329 e. The van der Waals surface area contributed by atoms with Crippen LogP contribution in [-0.4, -0.2) is 42.1 Å². The maximum atomic E-state index is 13.0. The van der Waals surface area contributed by atoms with Gasteiger partial charge in [-0.25, -0.2) is 15.0 Å². The fourth-order valence-electron chi connectivity index (χ4n) is 3.70. The minimum atomic E-state index is -0.141. The van der Waals surface area contributed by atoms with E-state index in [-0.39, 0.29) is 11.9 Å². The summed E-state index contributed by atoms with van der Waals surface area (Å²) in [6.45, 7) is 6.70. The van der Waals surface area contributed by atoms with E-state index in [1.54, 1.807) is 34.4 Å². The predicted molar refractivity (Wildman–Crippen MR) is 122 cm³/mol. The van der Waals surface area contributed by atoms with Crippen LogP contribution in [0.5, 0.6) is 0 Å². The Morgan fingerprint density at radius 3 is 2.77 bits per heavy atom. The van der Waals surface area contributed by atoms with E-state index < -0.39 is 0 Å². The zero-order chi connectivity index (χ0) is 22.0. The van der Waals surface area contributed by atoms with E-state index in [1.807, 2.05) is 37.9 Å². The normalized spacial score (nSPS) is 16.8. The second-order valence-corrected chi connectivity index (χ2v) is 9.00. The molecule has 4 rings (SSSR count). The van der Waals surface area contributed by atoms with Crippen molar-refractivity contribution in [2.45, 2.75) is 46.1 Å². The molecule has 0 radical (unpaired) electrons. The zero-order valence-electron chi connectivity index (χ0n) is 18.3. The first-order valence-electron chi connectivity index (χ1n) is 10.4. The highest BCUT2D eigenvalue weighted by Gasteiger charge is 2.29. The van der Waals surface area contributed by atoms with Crippen LogP contribution < -0.4 is 5.32 Å². The van der Waals surface area contributed by atoms with Crippen LogP contribution in [0.25, 0.3) is 6.08 Å². The molecular formula is C22H27N7OS. The molecule has 0 bridgehead atoms. The van der Waals surface area contributed by atoms with Crippen LogP contribution in [0.4, 0.5) is 10.9 Å². The number of amides is 1. The molecule has 3 aromatic rings. The minimum absolute atomic E-state index is 0.0308. The summed E-state index contributed by atoms with van der Waals surface area (Å²) in [5, 5.41) is 8.26. The van der Waals surface area contributed by atoms with Crippen molar-refractivity contribution in [1.29, 1.82) is 0 Å². The van der Waals surface area contributed by atoms with Crippen LogP contribution in [0.15, 0.2) is 24.4 Å². The number of likely N-dealkylation sites (tertiary alicyclic amines) is 1. The summed E-state index contributed by atoms with van der Waals surface area (Å²) < 4.78 is 1.74. The van der Waals surface area contributed by atoms with Crippen LogP contribution in [0.1, 0.15) is 53.1 Å². The number of hydrogen-bond donors (Lipinski definition) is 1. The molecule has 8 nitrogen and oxygen atoms in total. The molecule has 1 fully saturated rings. The van der Waals surface area contributed by atoms with E-state index in [2.05, 4.69) is 27.3 Å².